The third kappa shape index (κ3) is 3.13. The molecule has 0 saturated carbocycles. The zero-order valence-corrected chi connectivity index (χ0v) is 11.3. The summed E-state index contributed by atoms with van der Waals surface area (Å²) < 4.78 is 0. The van der Waals surface area contributed by atoms with Crippen molar-refractivity contribution >= 4 is 23.2 Å². The Bertz CT molecular complexity index is 406. The summed E-state index contributed by atoms with van der Waals surface area (Å²) in [4.78, 5) is 14.1. The lowest BCUT2D eigenvalue weighted by molar-refractivity contribution is 0.0701. The van der Waals surface area contributed by atoms with Gasteiger partial charge < -0.3 is 10.6 Å². The maximum Gasteiger partial charge on any atom is 0.256 e. The number of carbonyl (C=O) groups excluding carboxylic acids is 1. The van der Waals surface area contributed by atoms with Crippen LogP contribution in [0.15, 0.2) is 18.2 Å². The Kier molecular flexibility index (Phi) is 4.82. The Morgan fingerprint density at radius 1 is 1.47 bits per heavy atom. The Balaban J connectivity index is 3.02. The van der Waals surface area contributed by atoms with Crippen LogP contribution in [0.3, 0.4) is 0 Å². The lowest BCUT2D eigenvalue weighted by atomic mass is 10.1. The van der Waals surface area contributed by atoms with E-state index in [1.165, 1.54) is 0 Å². The average molecular weight is 255 g/mol. The summed E-state index contributed by atoms with van der Waals surface area (Å²) in [6.45, 7) is 6.74. The van der Waals surface area contributed by atoms with Gasteiger partial charge in [0, 0.05) is 23.3 Å². The second-order valence-electron chi connectivity index (χ2n) is 4.08. The van der Waals surface area contributed by atoms with Gasteiger partial charge in [0.15, 0.2) is 0 Å². The first-order valence-corrected chi connectivity index (χ1v) is 6.25. The first-order valence-electron chi connectivity index (χ1n) is 5.87. The average Bonchev–Trinajstić information content (AvgIpc) is 2.29. The lowest BCUT2D eigenvalue weighted by Crippen LogP contribution is -2.38. The SMILES string of the molecule is CCC(C)N(CC)C(=O)c1ccc(Cl)cc1N. The minimum Gasteiger partial charge on any atom is -0.398 e. The second kappa shape index (κ2) is 5.92. The van der Waals surface area contributed by atoms with E-state index >= 15 is 0 Å². The summed E-state index contributed by atoms with van der Waals surface area (Å²) in [5.41, 5.74) is 6.78. The van der Waals surface area contributed by atoms with Gasteiger partial charge in [-0.1, -0.05) is 18.5 Å². The standard InChI is InChI=1S/C13H19ClN2O/c1-4-9(3)16(5-2)13(17)11-7-6-10(14)8-12(11)15/h6-9H,4-5,15H2,1-3H3. The third-order valence-electron chi connectivity index (χ3n) is 2.97. The summed E-state index contributed by atoms with van der Waals surface area (Å²) >= 11 is 5.82. The highest BCUT2D eigenvalue weighted by atomic mass is 35.5. The van der Waals surface area contributed by atoms with Crippen LogP contribution >= 0.6 is 11.6 Å². The zero-order valence-electron chi connectivity index (χ0n) is 10.5. The highest BCUT2D eigenvalue weighted by Gasteiger charge is 2.20. The third-order valence-corrected chi connectivity index (χ3v) is 3.20. The van der Waals surface area contributed by atoms with Gasteiger partial charge in [-0.15, -0.1) is 0 Å². The number of halogens is 1. The molecule has 0 aliphatic rings. The van der Waals surface area contributed by atoms with E-state index in [2.05, 4.69) is 6.92 Å². The van der Waals surface area contributed by atoms with Crippen molar-refractivity contribution in [2.45, 2.75) is 33.2 Å². The number of hydrogen-bond acceptors (Lipinski definition) is 2. The molecular weight excluding hydrogens is 236 g/mol. The number of nitrogen functional groups attached to an aromatic ring is 1. The Labute approximate surface area is 108 Å². The van der Waals surface area contributed by atoms with Gasteiger partial charge in [0.2, 0.25) is 0 Å². The number of carbonyl (C=O) groups is 1. The van der Waals surface area contributed by atoms with E-state index < -0.39 is 0 Å². The molecule has 1 atom stereocenters. The molecule has 2 N–H and O–H groups in total. The Hall–Kier alpha value is -1.22. The fourth-order valence-corrected chi connectivity index (χ4v) is 1.94. The normalized spacial score (nSPS) is 12.2. The molecule has 1 rings (SSSR count). The van der Waals surface area contributed by atoms with E-state index in [4.69, 9.17) is 17.3 Å². The molecule has 0 fully saturated rings. The molecule has 0 aliphatic carbocycles. The van der Waals surface area contributed by atoms with E-state index in [0.29, 0.717) is 22.8 Å². The van der Waals surface area contributed by atoms with Crippen molar-refractivity contribution in [1.82, 2.24) is 4.90 Å². The molecule has 1 aromatic rings. The predicted molar refractivity (Wildman–Crippen MR) is 72.3 cm³/mol. The van der Waals surface area contributed by atoms with Crippen LogP contribution in [0.4, 0.5) is 5.69 Å². The van der Waals surface area contributed by atoms with Gasteiger partial charge in [0.1, 0.15) is 0 Å². The van der Waals surface area contributed by atoms with E-state index in [1.807, 2.05) is 18.7 Å². The topological polar surface area (TPSA) is 46.3 Å². The van der Waals surface area contributed by atoms with Gasteiger partial charge in [-0.05, 0) is 38.5 Å². The van der Waals surface area contributed by atoms with E-state index in [0.717, 1.165) is 6.42 Å². The summed E-state index contributed by atoms with van der Waals surface area (Å²) in [7, 11) is 0. The van der Waals surface area contributed by atoms with Crippen LogP contribution in [0.2, 0.25) is 5.02 Å². The fraction of sp³-hybridized carbons (Fsp3) is 0.462. The number of benzene rings is 1. The molecule has 0 aliphatic heterocycles. The molecule has 4 heteroatoms. The number of hydrogen-bond donors (Lipinski definition) is 1. The zero-order chi connectivity index (χ0) is 13.0. The van der Waals surface area contributed by atoms with Crippen LogP contribution in [0.25, 0.3) is 0 Å². The molecule has 94 valence electrons. The summed E-state index contributed by atoms with van der Waals surface area (Å²) in [6.07, 6.45) is 0.924. The minimum absolute atomic E-state index is 0.0315. The molecule has 1 unspecified atom stereocenters. The molecule has 1 aromatic carbocycles. The molecule has 1 amide bonds. The van der Waals surface area contributed by atoms with Gasteiger partial charge in [0.25, 0.3) is 5.91 Å². The number of nitrogens with two attached hydrogens (primary N) is 1. The van der Waals surface area contributed by atoms with Crippen LogP contribution < -0.4 is 5.73 Å². The van der Waals surface area contributed by atoms with Crippen LogP contribution in [-0.4, -0.2) is 23.4 Å². The minimum atomic E-state index is -0.0315. The fourth-order valence-electron chi connectivity index (χ4n) is 1.76. The number of amides is 1. The van der Waals surface area contributed by atoms with E-state index in [-0.39, 0.29) is 11.9 Å². The molecular formula is C13H19ClN2O. The highest BCUT2D eigenvalue weighted by molar-refractivity contribution is 6.31. The molecule has 0 bridgehead atoms. The molecule has 0 saturated heterocycles. The Morgan fingerprint density at radius 2 is 2.12 bits per heavy atom. The smallest absolute Gasteiger partial charge is 0.256 e. The van der Waals surface area contributed by atoms with Gasteiger partial charge in [-0.25, -0.2) is 0 Å². The molecule has 0 heterocycles. The molecule has 3 nitrogen and oxygen atoms in total. The van der Waals surface area contributed by atoms with Gasteiger partial charge in [0.05, 0.1) is 5.56 Å². The number of anilines is 1. The number of rotatable bonds is 4. The summed E-state index contributed by atoms with van der Waals surface area (Å²) in [5, 5.41) is 0.547. The first-order chi connectivity index (χ1) is 8.01. The van der Waals surface area contributed by atoms with Gasteiger partial charge >= 0.3 is 0 Å². The Morgan fingerprint density at radius 3 is 2.59 bits per heavy atom. The second-order valence-corrected chi connectivity index (χ2v) is 4.52. The van der Waals surface area contributed by atoms with Crippen LogP contribution in [-0.2, 0) is 0 Å². The van der Waals surface area contributed by atoms with Crippen molar-refractivity contribution in [1.29, 1.82) is 0 Å². The first kappa shape index (κ1) is 13.8. The van der Waals surface area contributed by atoms with Gasteiger partial charge in [-0.2, -0.15) is 0 Å². The monoisotopic (exact) mass is 254 g/mol. The summed E-state index contributed by atoms with van der Waals surface area (Å²) in [6, 6.07) is 5.20. The van der Waals surface area contributed by atoms with E-state index in [9.17, 15) is 4.79 Å². The van der Waals surface area contributed by atoms with Crippen molar-refractivity contribution in [3.63, 3.8) is 0 Å². The van der Waals surface area contributed by atoms with Crippen molar-refractivity contribution in [3.05, 3.63) is 28.8 Å². The highest BCUT2D eigenvalue weighted by Crippen LogP contribution is 2.20. The molecule has 0 aromatic heterocycles. The van der Waals surface area contributed by atoms with Crippen LogP contribution in [0, 0.1) is 0 Å². The largest absolute Gasteiger partial charge is 0.398 e. The van der Waals surface area contributed by atoms with Crippen LogP contribution in [0.1, 0.15) is 37.6 Å². The summed E-state index contributed by atoms with van der Waals surface area (Å²) in [5.74, 6) is -0.0315. The van der Waals surface area contributed by atoms with Crippen LogP contribution in [0.5, 0.6) is 0 Å². The van der Waals surface area contributed by atoms with Gasteiger partial charge in [-0.3, -0.25) is 4.79 Å². The predicted octanol–water partition coefficient (Wildman–Crippen LogP) is 3.18. The van der Waals surface area contributed by atoms with Crippen molar-refractivity contribution in [3.8, 4) is 0 Å². The van der Waals surface area contributed by atoms with Crippen molar-refractivity contribution in [2.75, 3.05) is 12.3 Å². The van der Waals surface area contributed by atoms with Crippen molar-refractivity contribution in [2.24, 2.45) is 0 Å². The molecule has 0 radical (unpaired) electrons. The number of nitrogens with zero attached hydrogens (tertiary/aromatic N) is 1. The molecule has 17 heavy (non-hydrogen) atoms. The lowest BCUT2D eigenvalue weighted by Gasteiger charge is -2.27. The maximum absolute atomic E-state index is 12.3. The van der Waals surface area contributed by atoms with Crippen molar-refractivity contribution < 1.29 is 4.79 Å². The maximum atomic E-state index is 12.3. The molecule has 0 spiro atoms. The van der Waals surface area contributed by atoms with E-state index in [1.54, 1.807) is 18.2 Å². The quantitative estimate of drug-likeness (QED) is 0.839.